The summed E-state index contributed by atoms with van der Waals surface area (Å²) < 4.78 is 3.86. The zero-order valence-electron chi connectivity index (χ0n) is 23.4. The molecular weight excluding hydrogens is 575 g/mol. The Bertz CT molecular complexity index is 2420. The molecule has 0 amide bonds. The summed E-state index contributed by atoms with van der Waals surface area (Å²) in [7, 11) is 0. The lowest BCUT2D eigenvalue weighted by atomic mass is 10.0. The number of benzene rings is 5. The predicted molar refractivity (Wildman–Crippen MR) is 187 cm³/mol. The molecule has 9 aromatic rings. The van der Waals surface area contributed by atoms with Gasteiger partial charge in [0.2, 0.25) is 0 Å². The van der Waals surface area contributed by atoms with Crippen LogP contribution < -0.4 is 0 Å². The molecule has 4 aromatic heterocycles. The quantitative estimate of drug-likeness (QED) is 0.203. The Kier molecular flexibility index (Phi) is 5.86. The minimum Gasteiger partial charge on any atom is -0.236 e. The summed E-state index contributed by atoms with van der Waals surface area (Å²) in [5, 5.41) is 5.02. The Morgan fingerprint density at radius 1 is 0.409 bits per heavy atom. The Labute approximate surface area is 261 Å². The highest BCUT2D eigenvalue weighted by Gasteiger charge is 2.19. The molecule has 0 aliphatic rings. The third kappa shape index (κ3) is 4.13. The molecule has 0 atom stereocenters. The summed E-state index contributed by atoms with van der Waals surface area (Å²) in [6, 6.07) is 48.6. The molecule has 4 heterocycles. The molecule has 0 bridgehead atoms. The molecule has 0 saturated carbocycles. The van der Waals surface area contributed by atoms with Crippen molar-refractivity contribution in [3.05, 3.63) is 140 Å². The Morgan fingerprint density at radius 2 is 0.932 bits per heavy atom. The van der Waals surface area contributed by atoms with Crippen molar-refractivity contribution in [3.63, 3.8) is 0 Å². The van der Waals surface area contributed by atoms with Gasteiger partial charge in [0, 0.05) is 57.9 Å². The van der Waals surface area contributed by atoms with Crippen molar-refractivity contribution in [2.24, 2.45) is 0 Å². The van der Waals surface area contributed by atoms with E-state index in [0.29, 0.717) is 5.82 Å². The molecule has 0 N–H and O–H groups in total. The molecule has 0 aliphatic heterocycles. The average molecular weight is 598 g/mol. The summed E-state index contributed by atoms with van der Waals surface area (Å²) in [6.07, 6.45) is 0. The molecule has 5 heteroatoms. The maximum atomic E-state index is 5.34. The van der Waals surface area contributed by atoms with Crippen molar-refractivity contribution in [3.8, 4) is 45.2 Å². The molecular formula is C39H23N3S2. The van der Waals surface area contributed by atoms with Crippen molar-refractivity contribution in [2.45, 2.75) is 0 Å². The first-order chi connectivity index (χ1) is 21.8. The lowest BCUT2D eigenvalue weighted by Gasteiger charge is -2.10. The normalized spacial score (nSPS) is 11.6. The van der Waals surface area contributed by atoms with Crippen LogP contribution in [0.1, 0.15) is 0 Å². The third-order valence-corrected chi connectivity index (χ3v) is 10.4. The number of aromatic nitrogens is 3. The lowest BCUT2D eigenvalue weighted by molar-refractivity contribution is 1.18. The van der Waals surface area contributed by atoms with E-state index in [0.717, 1.165) is 44.2 Å². The number of nitrogens with zero attached hydrogens (tertiary/aromatic N) is 3. The lowest BCUT2D eigenvalue weighted by Crippen LogP contribution is -1.96. The molecule has 5 aromatic carbocycles. The van der Waals surface area contributed by atoms with Crippen LogP contribution in [0.3, 0.4) is 0 Å². The van der Waals surface area contributed by atoms with Crippen molar-refractivity contribution >= 4 is 63.1 Å². The van der Waals surface area contributed by atoms with Gasteiger partial charge in [-0.2, -0.15) is 0 Å². The van der Waals surface area contributed by atoms with Gasteiger partial charge in [0.25, 0.3) is 0 Å². The monoisotopic (exact) mass is 597 g/mol. The van der Waals surface area contributed by atoms with Crippen LogP contribution in [0.4, 0.5) is 0 Å². The van der Waals surface area contributed by atoms with Crippen molar-refractivity contribution in [2.75, 3.05) is 0 Å². The number of pyridine rings is 1. The van der Waals surface area contributed by atoms with Gasteiger partial charge in [-0.3, -0.25) is 0 Å². The van der Waals surface area contributed by atoms with E-state index in [1.54, 1.807) is 11.3 Å². The number of fused-ring (bicyclic) bond motifs is 7. The van der Waals surface area contributed by atoms with E-state index in [1.807, 2.05) is 47.7 Å². The standard InChI is InChI=1S/C39H23N3S2/c1-3-11-24(12-4-1)30-23-31(25-13-5-2-6-14-25)41-38(40-30)27-21-19-26(20-22-27)36-34-28-15-7-9-17-32(28)43-37(34)35-29-16-8-10-18-33(29)44-39(35)42-36/h1-23H. The molecule has 44 heavy (non-hydrogen) atoms. The second kappa shape index (κ2) is 10.2. The zero-order chi connectivity index (χ0) is 29.0. The highest BCUT2D eigenvalue weighted by atomic mass is 32.1. The fourth-order valence-corrected chi connectivity index (χ4v) is 8.44. The van der Waals surface area contributed by atoms with Crippen LogP contribution >= 0.6 is 22.7 Å². The first-order valence-electron chi connectivity index (χ1n) is 14.5. The van der Waals surface area contributed by atoms with Crippen LogP contribution in [0.5, 0.6) is 0 Å². The van der Waals surface area contributed by atoms with Crippen LogP contribution in [-0.4, -0.2) is 15.0 Å². The third-order valence-electron chi connectivity index (χ3n) is 8.13. The van der Waals surface area contributed by atoms with Crippen LogP contribution in [0.25, 0.3) is 85.6 Å². The Hall–Kier alpha value is -5.23. The van der Waals surface area contributed by atoms with E-state index in [9.17, 15) is 0 Å². The second-order valence-electron chi connectivity index (χ2n) is 10.8. The van der Waals surface area contributed by atoms with Crippen molar-refractivity contribution < 1.29 is 0 Å². The number of hydrogen-bond acceptors (Lipinski definition) is 5. The van der Waals surface area contributed by atoms with E-state index in [1.165, 1.54) is 35.6 Å². The molecule has 0 spiro atoms. The van der Waals surface area contributed by atoms with Crippen molar-refractivity contribution in [1.82, 2.24) is 15.0 Å². The minimum atomic E-state index is 0.704. The van der Waals surface area contributed by atoms with E-state index in [4.69, 9.17) is 15.0 Å². The maximum absolute atomic E-state index is 5.34. The average Bonchev–Trinajstić information content (AvgIpc) is 3.67. The first-order valence-corrected chi connectivity index (χ1v) is 16.2. The SMILES string of the molecule is c1ccc(-c2cc(-c3ccccc3)nc(-c3ccc(-c4nc5sc6ccccc6c5c5sc6ccccc6c45)cc3)n2)cc1. The first kappa shape index (κ1) is 25.3. The number of hydrogen-bond donors (Lipinski definition) is 0. The van der Waals surface area contributed by atoms with Crippen LogP contribution in [0.2, 0.25) is 0 Å². The van der Waals surface area contributed by atoms with Gasteiger partial charge >= 0.3 is 0 Å². The van der Waals surface area contributed by atoms with Gasteiger partial charge in [0.15, 0.2) is 5.82 Å². The minimum absolute atomic E-state index is 0.704. The second-order valence-corrected chi connectivity index (χ2v) is 12.9. The number of rotatable bonds is 4. The van der Waals surface area contributed by atoms with Crippen LogP contribution in [-0.2, 0) is 0 Å². The largest absolute Gasteiger partial charge is 0.236 e. The summed E-state index contributed by atoms with van der Waals surface area (Å²) in [5.41, 5.74) is 7.02. The molecule has 0 aliphatic carbocycles. The van der Waals surface area contributed by atoms with Gasteiger partial charge in [0.05, 0.1) is 17.1 Å². The fraction of sp³-hybridized carbons (Fsp3) is 0. The van der Waals surface area contributed by atoms with Gasteiger partial charge in [-0.05, 0) is 18.2 Å². The van der Waals surface area contributed by atoms with Gasteiger partial charge < -0.3 is 0 Å². The van der Waals surface area contributed by atoms with Gasteiger partial charge in [0.1, 0.15) is 4.83 Å². The topological polar surface area (TPSA) is 38.7 Å². The summed E-state index contributed by atoms with van der Waals surface area (Å²) in [6.45, 7) is 0. The van der Waals surface area contributed by atoms with Gasteiger partial charge in [-0.15, -0.1) is 22.7 Å². The Morgan fingerprint density at radius 3 is 1.57 bits per heavy atom. The zero-order valence-corrected chi connectivity index (χ0v) is 25.1. The van der Waals surface area contributed by atoms with E-state index in [2.05, 4.69) is 103 Å². The molecule has 3 nitrogen and oxygen atoms in total. The summed E-state index contributed by atoms with van der Waals surface area (Å²) >= 11 is 3.63. The van der Waals surface area contributed by atoms with E-state index >= 15 is 0 Å². The summed E-state index contributed by atoms with van der Waals surface area (Å²) in [5.74, 6) is 0.704. The molecule has 206 valence electrons. The maximum Gasteiger partial charge on any atom is 0.160 e. The van der Waals surface area contributed by atoms with E-state index < -0.39 is 0 Å². The number of thiophene rings is 2. The molecule has 0 radical (unpaired) electrons. The highest BCUT2D eigenvalue weighted by molar-refractivity contribution is 7.29. The van der Waals surface area contributed by atoms with Crippen LogP contribution in [0.15, 0.2) is 140 Å². The molecule has 0 saturated heterocycles. The van der Waals surface area contributed by atoms with Crippen molar-refractivity contribution in [1.29, 1.82) is 0 Å². The molecule has 0 fully saturated rings. The molecule has 0 unspecified atom stereocenters. The van der Waals surface area contributed by atoms with Gasteiger partial charge in [-0.1, -0.05) is 121 Å². The smallest absolute Gasteiger partial charge is 0.160 e. The fourth-order valence-electron chi connectivity index (χ4n) is 6.02. The Balaban J connectivity index is 1.23. The van der Waals surface area contributed by atoms with E-state index in [-0.39, 0.29) is 0 Å². The predicted octanol–water partition coefficient (Wildman–Crippen LogP) is 11.3. The van der Waals surface area contributed by atoms with Gasteiger partial charge in [-0.25, -0.2) is 15.0 Å². The summed E-state index contributed by atoms with van der Waals surface area (Å²) in [4.78, 5) is 16.5. The van der Waals surface area contributed by atoms with Crippen LogP contribution in [0, 0.1) is 0 Å². The highest BCUT2D eigenvalue weighted by Crippen LogP contribution is 2.47. The molecule has 9 rings (SSSR count).